The number of hydrogen-bond donors (Lipinski definition) is 2. The minimum atomic E-state index is -0.335. The monoisotopic (exact) mass is 276 g/mol. The van der Waals surface area contributed by atoms with E-state index in [1.807, 2.05) is 6.07 Å². The third kappa shape index (κ3) is 2.23. The van der Waals surface area contributed by atoms with Crippen LogP contribution in [-0.4, -0.2) is 18.6 Å². The summed E-state index contributed by atoms with van der Waals surface area (Å²) in [4.78, 5) is 12.0. The van der Waals surface area contributed by atoms with E-state index in [1.54, 1.807) is 19.1 Å². The molecule has 1 fully saturated rings. The van der Waals surface area contributed by atoms with Crippen molar-refractivity contribution in [2.45, 2.75) is 40.7 Å². The molecule has 0 atom stereocenters. The highest BCUT2D eigenvalue weighted by molar-refractivity contribution is 5.96. The van der Waals surface area contributed by atoms with E-state index < -0.39 is 0 Å². The lowest BCUT2D eigenvalue weighted by Gasteiger charge is -2.13. The molecule has 1 aromatic carbocycles. The summed E-state index contributed by atoms with van der Waals surface area (Å²) in [7, 11) is 0. The van der Waals surface area contributed by atoms with Crippen LogP contribution in [0.15, 0.2) is 18.2 Å². The van der Waals surface area contributed by atoms with E-state index in [2.05, 4.69) is 33.0 Å². The molecule has 0 saturated heterocycles. The first-order chi connectivity index (χ1) is 9.21. The lowest BCUT2D eigenvalue weighted by atomic mass is 10.0. The number of anilines is 2. The molecule has 0 heterocycles. The first kappa shape index (κ1) is 14.7. The molecule has 4 heteroatoms. The zero-order valence-electron chi connectivity index (χ0n) is 12.9. The minimum Gasteiger partial charge on any atom is -0.462 e. The Hall–Kier alpha value is -1.71. The summed E-state index contributed by atoms with van der Waals surface area (Å²) in [6.45, 7) is 11.1. The van der Waals surface area contributed by atoms with E-state index in [9.17, 15) is 4.79 Å². The Kier molecular flexibility index (Phi) is 3.44. The predicted molar refractivity (Wildman–Crippen MR) is 81.8 cm³/mol. The molecule has 0 bridgehead atoms. The third-order valence-electron chi connectivity index (χ3n) is 4.86. The molecule has 0 aliphatic heterocycles. The highest BCUT2D eigenvalue weighted by Gasteiger charge is 2.65. The number of hydrogen-bond acceptors (Lipinski definition) is 4. The van der Waals surface area contributed by atoms with Crippen LogP contribution in [0.1, 0.15) is 45.0 Å². The van der Waals surface area contributed by atoms with Crippen molar-refractivity contribution in [2.75, 3.05) is 17.7 Å². The number of esters is 1. The van der Waals surface area contributed by atoms with Gasteiger partial charge in [-0.05, 0) is 36.0 Å². The number of carbonyl (C=O) groups excluding carboxylic acids is 1. The van der Waals surface area contributed by atoms with Crippen LogP contribution < -0.4 is 11.1 Å². The van der Waals surface area contributed by atoms with Crippen LogP contribution in [0.2, 0.25) is 0 Å². The van der Waals surface area contributed by atoms with Gasteiger partial charge >= 0.3 is 5.97 Å². The van der Waals surface area contributed by atoms with Crippen molar-refractivity contribution < 1.29 is 9.53 Å². The van der Waals surface area contributed by atoms with E-state index >= 15 is 0 Å². The quantitative estimate of drug-likeness (QED) is 0.654. The molecule has 1 saturated carbocycles. The standard InChI is InChI=1S/C16H24N2O2/c1-6-20-13(19)11-9-10(17)7-8-12(11)18-14-15(2,3)16(14,4)5/h7-9,14,18H,6,17H2,1-5H3. The molecule has 0 unspecified atom stereocenters. The van der Waals surface area contributed by atoms with Gasteiger partial charge in [-0.1, -0.05) is 27.7 Å². The number of nitrogens with two attached hydrogens (primary N) is 1. The fourth-order valence-electron chi connectivity index (χ4n) is 2.78. The van der Waals surface area contributed by atoms with Crippen molar-refractivity contribution in [1.29, 1.82) is 0 Å². The molecule has 20 heavy (non-hydrogen) atoms. The van der Waals surface area contributed by atoms with Gasteiger partial charge in [0.25, 0.3) is 0 Å². The molecule has 0 amide bonds. The summed E-state index contributed by atoms with van der Waals surface area (Å²) < 4.78 is 5.10. The van der Waals surface area contributed by atoms with Gasteiger partial charge in [0, 0.05) is 17.4 Å². The van der Waals surface area contributed by atoms with Gasteiger partial charge in [-0.15, -0.1) is 0 Å². The summed E-state index contributed by atoms with van der Waals surface area (Å²) in [5.41, 5.74) is 8.03. The Morgan fingerprint density at radius 1 is 1.30 bits per heavy atom. The summed E-state index contributed by atoms with van der Waals surface area (Å²) in [6, 6.07) is 5.65. The molecule has 1 aromatic rings. The van der Waals surface area contributed by atoms with Crippen molar-refractivity contribution in [3.8, 4) is 0 Å². The van der Waals surface area contributed by atoms with Crippen molar-refractivity contribution >= 4 is 17.3 Å². The molecular formula is C16H24N2O2. The van der Waals surface area contributed by atoms with Gasteiger partial charge in [-0.3, -0.25) is 0 Å². The number of rotatable bonds is 4. The minimum absolute atomic E-state index is 0.195. The van der Waals surface area contributed by atoms with Crippen LogP contribution in [0.4, 0.5) is 11.4 Å². The Morgan fingerprint density at radius 3 is 2.40 bits per heavy atom. The maximum Gasteiger partial charge on any atom is 0.340 e. The number of ether oxygens (including phenoxy) is 1. The van der Waals surface area contributed by atoms with E-state index in [-0.39, 0.29) is 16.8 Å². The predicted octanol–water partition coefficient (Wildman–Crippen LogP) is 3.29. The lowest BCUT2D eigenvalue weighted by Crippen LogP contribution is -2.15. The third-order valence-corrected chi connectivity index (χ3v) is 4.86. The molecule has 0 radical (unpaired) electrons. The van der Waals surface area contributed by atoms with Gasteiger partial charge < -0.3 is 15.8 Å². The second-order valence-electron chi connectivity index (χ2n) is 6.55. The van der Waals surface area contributed by atoms with Gasteiger partial charge in [0.1, 0.15) is 0 Å². The average molecular weight is 276 g/mol. The van der Waals surface area contributed by atoms with Gasteiger partial charge in [0.2, 0.25) is 0 Å². The Labute approximate surface area is 120 Å². The number of carbonyl (C=O) groups is 1. The van der Waals surface area contributed by atoms with Crippen molar-refractivity contribution in [3.05, 3.63) is 23.8 Å². The maximum absolute atomic E-state index is 12.0. The molecular weight excluding hydrogens is 252 g/mol. The van der Waals surface area contributed by atoms with Crippen molar-refractivity contribution in [3.63, 3.8) is 0 Å². The Bertz CT molecular complexity index is 521. The van der Waals surface area contributed by atoms with Gasteiger partial charge in [0.15, 0.2) is 0 Å². The van der Waals surface area contributed by atoms with Crippen LogP contribution in [0.25, 0.3) is 0 Å². The summed E-state index contributed by atoms with van der Waals surface area (Å²) in [5.74, 6) is -0.335. The van der Waals surface area contributed by atoms with Crippen LogP contribution in [0.3, 0.4) is 0 Å². The summed E-state index contributed by atoms with van der Waals surface area (Å²) >= 11 is 0. The Morgan fingerprint density at radius 2 is 1.90 bits per heavy atom. The second kappa shape index (κ2) is 4.69. The lowest BCUT2D eigenvalue weighted by molar-refractivity contribution is 0.0527. The zero-order valence-corrected chi connectivity index (χ0v) is 12.9. The first-order valence-electron chi connectivity index (χ1n) is 7.05. The maximum atomic E-state index is 12.0. The molecule has 2 rings (SSSR count). The van der Waals surface area contributed by atoms with Gasteiger partial charge in [-0.2, -0.15) is 0 Å². The van der Waals surface area contributed by atoms with E-state index in [4.69, 9.17) is 10.5 Å². The van der Waals surface area contributed by atoms with Crippen LogP contribution in [-0.2, 0) is 4.74 Å². The zero-order chi connectivity index (χ0) is 15.1. The number of nitrogens with one attached hydrogen (secondary N) is 1. The fourth-order valence-corrected chi connectivity index (χ4v) is 2.78. The van der Waals surface area contributed by atoms with Gasteiger partial charge in [0.05, 0.1) is 12.2 Å². The molecule has 0 aromatic heterocycles. The fraction of sp³-hybridized carbons (Fsp3) is 0.562. The van der Waals surface area contributed by atoms with E-state index in [1.165, 1.54) is 0 Å². The first-order valence-corrected chi connectivity index (χ1v) is 7.05. The highest BCUT2D eigenvalue weighted by atomic mass is 16.5. The molecule has 0 spiro atoms. The SMILES string of the molecule is CCOC(=O)c1cc(N)ccc1NC1C(C)(C)C1(C)C. The topological polar surface area (TPSA) is 64.3 Å². The largest absolute Gasteiger partial charge is 0.462 e. The van der Waals surface area contributed by atoms with Crippen molar-refractivity contribution in [1.82, 2.24) is 0 Å². The normalized spacial score (nSPS) is 19.4. The number of benzene rings is 1. The Balaban J connectivity index is 2.27. The van der Waals surface area contributed by atoms with Crippen LogP contribution >= 0.6 is 0 Å². The highest BCUT2D eigenvalue weighted by Crippen LogP contribution is 2.63. The van der Waals surface area contributed by atoms with Crippen LogP contribution in [0.5, 0.6) is 0 Å². The molecule has 110 valence electrons. The molecule has 1 aliphatic rings. The smallest absolute Gasteiger partial charge is 0.340 e. The summed E-state index contributed by atoms with van der Waals surface area (Å²) in [5, 5.41) is 3.48. The van der Waals surface area contributed by atoms with Crippen LogP contribution in [0, 0.1) is 10.8 Å². The second-order valence-corrected chi connectivity index (χ2v) is 6.55. The molecule has 3 N–H and O–H groups in total. The molecule has 4 nitrogen and oxygen atoms in total. The average Bonchev–Trinajstić information content (AvgIpc) is 2.74. The molecule has 1 aliphatic carbocycles. The van der Waals surface area contributed by atoms with E-state index in [0.717, 1.165) is 5.69 Å². The van der Waals surface area contributed by atoms with E-state index in [0.29, 0.717) is 23.9 Å². The van der Waals surface area contributed by atoms with Gasteiger partial charge in [-0.25, -0.2) is 4.79 Å². The summed E-state index contributed by atoms with van der Waals surface area (Å²) in [6.07, 6.45) is 0. The van der Waals surface area contributed by atoms with Crippen molar-refractivity contribution in [2.24, 2.45) is 10.8 Å². The number of nitrogen functional groups attached to an aromatic ring is 1.